The molecule has 0 unspecified atom stereocenters. The predicted octanol–water partition coefficient (Wildman–Crippen LogP) is 1.89. The normalized spacial score (nSPS) is 24.5. The Labute approximate surface area is 181 Å². The zero-order valence-corrected chi connectivity index (χ0v) is 17.7. The molecule has 0 saturated carbocycles. The van der Waals surface area contributed by atoms with Crippen LogP contribution < -0.4 is 10.6 Å². The summed E-state index contributed by atoms with van der Waals surface area (Å²) in [6.07, 6.45) is 3.53. The summed E-state index contributed by atoms with van der Waals surface area (Å²) < 4.78 is 18.4. The largest absolute Gasteiger partial charge is 0.467 e. The minimum atomic E-state index is -0.258. The van der Waals surface area contributed by atoms with E-state index in [1.54, 1.807) is 24.5 Å². The molecule has 2 N–H and O–H groups in total. The van der Waals surface area contributed by atoms with Gasteiger partial charge in [-0.15, -0.1) is 0 Å². The fraction of sp³-hybridized carbons (Fsp3) is 0.478. The van der Waals surface area contributed by atoms with E-state index in [4.69, 9.17) is 4.42 Å². The van der Waals surface area contributed by atoms with Crippen molar-refractivity contribution in [3.63, 3.8) is 0 Å². The second-order valence-corrected chi connectivity index (χ2v) is 8.36. The average Bonchev–Trinajstić information content (AvgIpc) is 3.41. The highest BCUT2D eigenvalue weighted by molar-refractivity contribution is 5.83. The summed E-state index contributed by atoms with van der Waals surface area (Å²) in [5.41, 5.74) is 0.992. The number of likely N-dealkylation sites (tertiary alicyclic amines) is 1. The van der Waals surface area contributed by atoms with Gasteiger partial charge in [0.1, 0.15) is 17.6 Å². The number of hydrogen-bond donors (Lipinski definition) is 2. The Morgan fingerprint density at radius 3 is 2.84 bits per heavy atom. The van der Waals surface area contributed by atoms with Gasteiger partial charge < -0.3 is 15.1 Å². The van der Waals surface area contributed by atoms with Crippen LogP contribution >= 0.6 is 0 Å². The van der Waals surface area contributed by atoms with E-state index >= 15 is 0 Å². The van der Waals surface area contributed by atoms with Crippen LogP contribution in [0.4, 0.5) is 4.39 Å². The summed E-state index contributed by atoms with van der Waals surface area (Å²) in [6, 6.07) is 10.0. The SMILES string of the molecule is CN1[C@@H](CCC(=O)NCc2ccco2)CNC(=O)[C@@H]2[C@H]1CCN2Cc1ccc(F)cc1. The number of carbonyl (C=O) groups excluding carboxylic acids is 2. The van der Waals surface area contributed by atoms with Crippen molar-refractivity contribution in [1.82, 2.24) is 20.4 Å². The molecule has 1 aromatic carbocycles. The third-order valence-electron chi connectivity index (χ3n) is 6.39. The van der Waals surface area contributed by atoms with E-state index < -0.39 is 0 Å². The third-order valence-corrected chi connectivity index (χ3v) is 6.39. The van der Waals surface area contributed by atoms with Crippen LogP contribution in [0.3, 0.4) is 0 Å². The highest BCUT2D eigenvalue weighted by Gasteiger charge is 2.44. The molecule has 2 amide bonds. The molecular formula is C23H29FN4O3. The monoisotopic (exact) mass is 428 g/mol. The zero-order chi connectivity index (χ0) is 21.8. The van der Waals surface area contributed by atoms with E-state index in [0.29, 0.717) is 32.5 Å². The maximum atomic E-state index is 13.2. The van der Waals surface area contributed by atoms with Crippen LogP contribution in [0.1, 0.15) is 30.6 Å². The van der Waals surface area contributed by atoms with Crippen LogP contribution in [-0.4, -0.2) is 59.9 Å². The zero-order valence-electron chi connectivity index (χ0n) is 17.7. The standard InChI is InChI=1S/C23H29FN4O3/c1-27-18(8-9-21(29)25-14-19-3-2-12-31-19)13-26-23(30)22-20(27)10-11-28(22)15-16-4-6-17(24)7-5-16/h2-7,12,18,20,22H,8-11,13-15H2,1H3,(H,25,29)(H,26,30)/t18-,20+,22-/m0/s1. The number of amides is 2. The van der Waals surface area contributed by atoms with Gasteiger partial charge >= 0.3 is 0 Å². The Bertz CT molecular complexity index is 887. The van der Waals surface area contributed by atoms with Crippen LogP contribution in [0.25, 0.3) is 0 Å². The van der Waals surface area contributed by atoms with E-state index in [2.05, 4.69) is 20.4 Å². The van der Waals surface area contributed by atoms with Gasteiger partial charge in [0.25, 0.3) is 0 Å². The number of hydrogen-bond acceptors (Lipinski definition) is 5. The molecule has 2 aromatic rings. The van der Waals surface area contributed by atoms with Crippen LogP contribution in [0.2, 0.25) is 0 Å². The lowest BCUT2D eigenvalue weighted by atomic mass is 10.0. The smallest absolute Gasteiger partial charge is 0.239 e. The Morgan fingerprint density at radius 2 is 2.10 bits per heavy atom. The molecule has 2 saturated heterocycles. The van der Waals surface area contributed by atoms with Gasteiger partial charge in [-0.1, -0.05) is 12.1 Å². The summed E-state index contributed by atoms with van der Waals surface area (Å²) >= 11 is 0. The first-order valence-electron chi connectivity index (χ1n) is 10.8. The summed E-state index contributed by atoms with van der Waals surface area (Å²) in [7, 11) is 2.05. The van der Waals surface area contributed by atoms with Gasteiger partial charge in [0, 0.05) is 38.1 Å². The molecule has 7 nitrogen and oxygen atoms in total. The predicted molar refractivity (Wildman–Crippen MR) is 113 cm³/mol. The van der Waals surface area contributed by atoms with Gasteiger partial charge in [-0.25, -0.2) is 4.39 Å². The molecule has 8 heteroatoms. The van der Waals surface area contributed by atoms with E-state index in [-0.39, 0.29) is 35.8 Å². The topological polar surface area (TPSA) is 77.8 Å². The Balaban J connectivity index is 1.33. The number of carbonyl (C=O) groups is 2. The first kappa shape index (κ1) is 21.5. The van der Waals surface area contributed by atoms with Crippen LogP contribution in [0, 0.1) is 5.82 Å². The van der Waals surface area contributed by atoms with Crippen molar-refractivity contribution in [3.8, 4) is 0 Å². The number of furan rings is 1. The number of nitrogens with zero attached hydrogens (tertiary/aromatic N) is 2. The highest BCUT2D eigenvalue weighted by atomic mass is 19.1. The minimum absolute atomic E-state index is 0.0266. The first-order valence-corrected chi connectivity index (χ1v) is 10.8. The summed E-state index contributed by atoms with van der Waals surface area (Å²) in [4.78, 5) is 29.6. The van der Waals surface area contributed by atoms with Crippen molar-refractivity contribution in [2.24, 2.45) is 0 Å². The van der Waals surface area contributed by atoms with Crippen molar-refractivity contribution in [2.45, 2.75) is 50.5 Å². The molecule has 166 valence electrons. The molecule has 0 radical (unpaired) electrons. The molecule has 1 aromatic heterocycles. The maximum Gasteiger partial charge on any atom is 0.239 e. The highest BCUT2D eigenvalue weighted by Crippen LogP contribution is 2.28. The first-order chi connectivity index (χ1) is 15.0. The van der Waals surface area contributed by atoms with Crippen molar-refractivity contribution in [1.29, 1.82) is 0 Å². The van der Waals surface area contributed by atoms with Gasteiger partial charge in [-0.3, -0.25) is 19.4 Å². The van der Waals surface area contributed by atoms with Gasteiger partial charge in [-0.2, -0.15) is 0 Å². The van der Waals surface area contributed by atoms with Crippen LogP contribution in [0.15, 0.2) is 47.1 Å². The summed E-state index contributed by atoms with van der Waals surface area (Å²) in [6.45, 7) is 2.33. The number of halogens is 1. The second kappa shape index (κ2) is 9.62. The Kier molecular flexibility index (Phi) is 6.67. The van der Waals surface area contributed by atoms with Crippen molar-refractivity contribution in [2.75, 3.05) is 20.1 Å². The molecule has 31 heavy (non-hydrogen) atoms. The van der Waals surface area contributed by atoms with Crippen LogP contribution in [-0.2, 0) is 22.7 Å². The molecule has 4 rings (SSSR count). The van der Waals surface area contributed by atoms with Crippen molar-refractivity contribution < 1.29 is 18.4 Å². The van der Waals surface area contributed by atoms with Crippen LogP contribution in [0.5, 0.6) is 0 Å². The molecule has 2 fully saturated rings. The lowest BCUT2D eigenvalue weighted by molar-refractivity contribution is -0.126. The number of nitrogens with one attached hydrogen (secondary N) is 2. The Morgan fingerprint density at radius 1 is 1.29 bits per heavy atom. The fourth-order valence-electron chi connectivity index (χ4n) is 4.64. The van der Waals surface area contributed by atoms with E-state index in [9.17, 15) is 14.0 Å². The lowest BCUT2D eigenvalue weighted by Gasteiger charge is -2.33. The van der Waals surface area contributed by atoms with Crippen molar-refractivity contribution >= 4 is 11.8 Å². The minimum Gasteiger partial charge on any atom is -0.467 e. The average molecular weight is 429 g/mol. The maximum absolute atomic E-state index is 13.2. The van der Waals surface area contributed by atoms with E-state index in [0.717, 1.165) is 24.3 Å². The number of rotatable bonds is 7. The van der Waals surface area contributed by atoms with Gasteiger partial charge in [-0.05, 0) is 49.7 Å². The molecule has 3 atom stereocenters. The number of likely N-dealkylation sites (N-methyl/N-ethyl adjacent to an activating group) is 1. The molecule has 2 aliphatic rings. The molecule has 3 heterocycles. The number of fused-ring (bicyclic) bond motifs is 1. The van der Waals surface area contributed by atoms with Gasteiger partial charge in [0.05, 0.1) is 12.8 Å². The fourth-order valence-corrected chi connectivity index (χ4v) is 4.64. The molecule has 0 spiro atoms. The quantitative estimate of drug-likeness (QED) is 0.704. The van der Waals surface area contributed by atoms with Crippen molar-refractivity contribution in [3.05, 3.63) is 59.8 Å². The third kappa shape index (κ3) is 5.14. The lowest BCUT2D eigenvalue weighted by Crippen LogP contribution is -2.49. The van der Waals surface area contributed by atoms with E-state index in [1.165, 1.54) is 12.1 Å². The van der Waals surface area contributed by atoms with Gasteiger partial charge in [0.2, 0.25) is 11.8 Å². The molecule has 0 aliphatic carbocycles. The Hall–Kier alpha value is -2.71. The molecule has 2 aliphatic heterocycles. The number of benzene rings is 1. The summed E-state index contributed by atoms with van der Waals surface area (Å²) in [5, 5.41) is 5.95. The molecular weight excluding hydrogens is 399 g/mol. The van der Waals surface area contributed by atoms with E-state index in [1.807, 2.05) is 13.1 Å². The summed E-state index contributed by atoms with van der Waals surface area (Å²) in [5.74, 6) is 0.468. The van der Waals surface area contributed by atoms with Gasteiger partial charge in [0.15, 0.2) is 0 Å². The molecule has 0 bridgehead atoms. The second-order valence-electron chi connectivity index (χ2n) is 8.36.